The van der Waals surface area contributed by atoms with Crippen LogP contribution in [0, 0.1) is 0 Å². The SMILES string of the molecule is O=C(c1ccc(OC(F)(F)F)cc1)N1CCN(c2ccc(N3CCN(CCO)CC3)nn2)CC1. The van der Waals surface area contributed by atoms with Gasteiger partial charge >= 0.3 is 6.36 Å². The van der Waals surface area contributed by atoms with E-state index in [0.29, 0.717) is 38.3 Å². The van der Waals surface area contributed by atoms with Crippen LogP contribution in [-0.2, 0) is 0 Å². The Morgan fingerprint density at radius 1 is 0.853 bits per heavy atom. The van der Waals surface area contributed by atoms with Gasteiger partial charge in [0.2, 0.25) is 0 Å². The van der Waals surface area contributed by atoms with Crippen LogP contribution in [0.15, 0.2) is 36.4 Å². The number of hydrogen-bond donors (Lipinski definition) is 1. The van der Waals surface area contributed by atoms with Crippen molar-refractivity contribution in [3.8, 4) is 5.75 Å². The maximum absolute atomic E-state index is 12.7. The van der Waals surface area contributed by atoms with Gasteiger partial charge in [-0.2, -0.15) is 0 Å². The molecule has 2 aliphatic heterocycles. The normalized spacial score (nSPS) is 17.7. The number of ether oxygens (including phenoxy) is 1. The van der Waals surface area contributed by atoms with Gasteiger partial charge in [-0.15, -0.1) is 23.4 Å². The van der Waals surface area contributed by atoms with Gasteiger partial charge in [-0.05, 0) is 36.4 Å². The number of carbonyl (C=O) groups is 1. The Morgan fingerprint density at radius 2 is 1.38 bits per heavy atom. The summed E-state index contributed by atoms with van der Waals surface area (Å²) < 4.78 is 40.8. The van der Waals surface area contributed by atoms with E-state index in [4.69, 9.17) is 5.11 Å². The van der Waals surface area contributed by atoms with Crippen molar-refractivity contribution in [3.05, 3.63) is 42.0 Å². The Labute approximate surface area is 195 Å². The summed E-state index contributed by atoms with van der Waals surface area (Å²) in [4.78, 5) is 20.8. The van der Waals surface area contributed by atoms with E-state index in [-0.39, 0.29) is 18.3 Å². The second-order valence-electron chi connectivity index (χ2n) is 8.15. The van der Waals surface area contributed by atoms with Crippen LogP contribution >= 0.6 is 0 Å². The number of rotatable bonds is 6. The number of aliphatic hydroxyl groups is 1. The second kappa shape index (κ2) is 10.4. The van der Waals surface area contributed by atoms with Gasteiger partial charge in [0.05, 0.1) is 6.61 Å². The zero-order valence-electron chi connectivity index (χ0n) is 18.6. The first-order valence-electron chi connectivity index (χ1n) is 11.1. The molecule has 4 rings (SSSR count). The minimum absolute atomic E-state index is 0.163. The topological polar surface area (TPSA) is 85.3 Å². The van der Waals surface area contributed by atoms with Gasteiger partial charge in [0.1, 0.15) is 5.75 Å². The molecule has 2 saturated heterocycles. The quantitative estimate of drug-likeness (QED) is 0.665. The van der Waals surface area contributed by atoms with Crippen molar-refractivity contribution in [3.63, 3.8) is 0 Å². The highest BCUT2D eigenvalue weighted by Gasteiger charge is 2.31. The summed E-state index contributed by atoms with van der Waals surface area (Å²) >= 11 is 0. The lowest BCUT2D eigenvalue weighted by molar-refractivity contribution is -0.274. The van der Waals surface area contributed by atoms with E-state index in [2.05, 4.69) is 29.6 Å². The molecule has 0 radical (unpaired) electrons. The van der Waals surface area contributed by atoms with Gasteiger partial charge in [0.15, 0.2) is 11.6 Å². The van der Waals surface area contributed by atoms with Crippen molar-refractivity contribution >= 4 is 17.5 Å². The Balaban J connectivity index is 1.28. The maximum Gasteiger partial charge on any atom is 0.573 e. The highest BCUT2D eigenvalue weighted by Crippen LogP contribution is 2.24. The fraction of sp³-hybridized carbons (Fsp3) is 0.500. The summed E-state index contributed by atoms with van der Waals surface area (Å²) in [7, 11) is 0. The van der Waals surface area contributed by atoms with Crippen LogP contribution in [-0.4, -0.2) is 103 Å². The molecule has 1 aromatic heterocycles. The molecule has 184 valence electrons. The summed E-state index contributed by atoms with van der Waals surface area (Å²) in [6.45, 7) is 6.35. The Bertz CT molecular complexity index is 942. The first-order valence-corrected chi connectivity index (χ1v) is 11.1. The first kappa shape index (κ1) is 24.0. The van der Waals surface area contributed by atoms with Gasteiger partial charge in [0, 0.05) is 64.5 Å². The highest BCUT2D eigenvalue weighted by molar-refractivity contribution is 5.94. The molecule has 3 heterocycles. The van der Waals surface area contributed by atoms with E-state index in [1.165, 1.54) is 12.1 Å². The van der Waals surface area contributed by atoms with Gasteiger partial charge < -0.3 is 24.5 Å². The van der Waals surface area contributed by atoms with Crippen molar-refractivity contribution < 1.29 is 27.8 Å². The van der Waals surface area contributed by atoms with Crippen LogP contribution in [0.2, 0.25) is 0 Å². The molecule has 0 atom stereocenters. The monoisotopic (exact) mass is 480 g/mol. The molecule has 0 unspecified atom stereocenters. The van der Waals surface area contributed by atoms with Gasteiger partial charge in [0.25, 0.3) is 5.91 Å². The van der Waals surface area contributed by atoms with E-state index in [1.54, 1.807) is 4.90 Å². The fourth-order valence-electron chi connectivity index (χ4n) is 4.12. The van der Waals surface area contributed by atoms with Crippen molar-refractivity contribution in [1.82, 2.24) is 20.0 Å². The van der Waals surface area contributed by atoms with E-state index in [9.17, 15) is 18.0 Å². The number of carbonyl (C=O) groups excluding carboxylic acids is 1. The molecule has 0 spiro atoms. The van der Waals surface area contributed by atoms with E-state index < -0.39 is 6.36 Å². The van der Waals surface area contributed by atoms with Crippen LogP contribution < -0.4 is 14.5 Å². The summed E-state index contributed by atoms with van der Waals surface area (Å²) in [6.07, 6.45) is -4.77. The van der Waals surface area contributed by atoms with E-state index in [0.717, 1.165) is 49.9 Å². The van der Waals surface area contributed by atoms with Gasteiger partial charge in [-0.3, -0.25) is 9.69 Å². The van der Waals surface area contributed by atoms with Crippen LogP contribution in [0.5, 0.6) is 5.75 Å². The maximum atomic E-state index is 12.7. The lowest BCUT2D eigenvalue weighted by atomic mass is 10.1. The van der Waals surface area contributed by atoms with Crippen LogP contribution in [0.1, 0.15) is 10.4 Å². The number of benzene rings is 1. The average molecular weight is 480 g/mol. The number of alkyl halides is 3. The Kier molecular flexibility index (Phi) is 7.37. The molecule has 0 saturated carbocycles. The molecule has 1 N–H and O–H groups in total. The molecule has 12 heteroatoms. The summed E-state index contributed by atoms with van der Waals surface area (Å²) in [5.74, 6) is 0.963. The smallest absolute Gasteiger partial charge is 0.406 e. The molecule has 2 fully saturated rings. The highest BCUT2D eigenvalue weighted by atomic mass is 19.4. The zero-order valence-corrected chi connectivity index (χ0v) is 18.6. The summed E-state index contributed by atoms with van der Waals surface area (Å²) in [5.41, 5.74) is 0.311. The molecule has 1 aromatic carbocycles. The van der Waals surface area contributed by atoms with Crippen LogP contribution in [0.3, 0.4) is 0 Å². The number of amides is 1. The van der Waals surface area contributed by atoms with Crippen molar-refractivity contribution in [2.45, 2.75) is 6.36 Å². The number of aromatic nitrogens is 2. The Hall–Kier alpha value is -3.12. The van der Waals surface area contributed by atoms with Gasteiger partial charge in [-0.25, -0.2) is 0 Å². The van der Waals surface area contributed by atoms with E-state index in [1.807, 2.05) is 12.1 Å². The average Bonchev–Trinajstić information content (AvgIpc) is 2.84. The predicted octanol–water partition coefficient (Wildman–Crippen LogP) is 1.45. The molecule has 2 aromatic rings. The number of aliphatic hydroxyl groups excluding tert-OH is 1. The predicted molar refractivity (Wildman–Crippen MR) is 119 cm³/mol. The Morgan fingerprint density at radius 3 is 1.85 bits per heavy atom. The fourth-order valence-corrected chi connectivity index (χ4v) is 4.12. The molecular weight excluding hydrogens is 453 g/mol. The summed E-state index contributed by atoms with van der Waals surface area (Å²) in [6, 6.07) is 8.83. The number of nitrogens with zero attached hydrogens (tertiary/aromatic N) is 6. The van der Waals surface area contributed by atoms with Crippen LogP contribution in [0.4, 0.5) is 24.8 Å². The minimum Gasteiger partial charge on any atom is -0.406 e. The van der Waals surface area contributed by atoms with Crippen LogP contribution in [0.25, 0.3) is 0 Å². The summed E-state index contributed by atoms with van der Waals surface area (Å²) in [5, 5.41) is 17.8. The molecule has 0 aliphatic carbocycles. The number of halogens is 3. The lowest BCUT2D eigenvalue weighted by Gasteiger charge is -2.36. The third-order valence-corrected chi connectivity index (χ3v) is 5.97. The molecule has 34 heavy (non-hydrogen) atoms. The van der Waals surface area contributed by atoms with Crippen molar-refractivity contribution in [1.29, 1.82) is 0 Å². The minimum atomic E-state index is -4.77. The molecule has 9 nitrogen and oxygen atoms in total. The molecule has 2 aliphatic rings. The van der Waals surface area contributed by atoms with Crippen molar-refractivity contribution in [2.24, 2.45) is 0 Å². The van der Waals surface area contributed by atoms with Gasteiger partial charge in [-0.1, -0.05) is 0 Å². The number of piperazine rings is 2. The van der Waals surface area contributed by atoms with E-state index >= 15 is 0 Å². The number of β-amino-alcohol motifs (C(OH)–C–C–N with tert-alkyl or cyclic N) is 1. The third kappa shape index (κ3) is 6.06. The zero-order chi connectivity index (χ0) is 24.1. The number of anilines is 2. The molecule has 1 amide bonds. The third-order valence-electron chi connectivity index (χ3n) is 5.97. The van der Waals surface area contributed by atoms with Crippen molar-refractivity contribution in [2.75, 3.05) is 75.3 Å². The second-order valence-corrected chi connectivity index (χ2v) is 8.15. The molecule has 0 bridgehead atoms. The largest absolute Gasteiger partial charge is 0.573 e. The number of hydrogen-bond acceptors (Lipinski definition) is 8. The first-order chi connectivity index (χ1) is 16.3. The lowest BCUT2D eigenvalue weighted by Crippen LogP contribution is -2.49. The standard InChI is InChI=1S/C22H27F3N6O3/c23-22(24,25)34-18-3-1-17(2-4-18)21(33)31-13-11-30(12-14-31)20-6-5-19(26-27-20)29-9-7-28(8-10-29)15-16-32/h1-6,32H,7-16H2. The molecular formula is C22H27F3N6O3.